The van der Waals surface area contributed by atoms with Crippen LogP contribution in [-0.4, -0.2) is 52.2 Å². The number of rotatable bonds is 7. The lowest BCUT2D eigenvalue weighted by atomic mass is 10.1. The molecule has 0 unspecified atom stereocenters. The van der Waals surface area contributed by atoms with Crippen LogP contribution < -0.4 is 19.3 Å². The number of anilines is 2. The first-order valence-electron chi connectivity index (χ1n) is 9.45. The van der Waals surface area contributed by atoms with E-state index < -0.39 is 11.9 Å². The second kappa shape index (κ2) is 9.30. The lowest BCUT2D eigenvalue weighted by Crippen LogP contribution is -2.33. The highest BCUT2D eigenvalue weighted by molar-refractivity contribution is 6.01. The minimum atomic E-state index is -0.654. The molecule has 2 aromatic carbocycles. The molecule has 1 heterocycles. The Morgan fingerprint density at radius 3 is 2.50 bits per heavy atom. The maximum absolute atomic E-state index is 12.5. The maximum Gasteiger partial charge on any atom is 0.311 e. The van der Waals surface area contributed by atoms with Crippen molar-refractivity contribution in [1.82, 2.24) is 0 Å². The average molecular weight is 412 g/mol. The zero-order valence-corrected chi connectivity index (χ0v) is 17.2. The van der Waals surface area contributed by atoms with Crippen molar-refractivity contribution in [2.45, 2.75) is 6.42 Å². The number of methoxy groups -OCH3 is 2. The molecular formula is C22H24N2O6. The SMILES string of the molecule is COc1ccc(N2C[C@H](C(=O)OCC(=O)N(C)c3ccccc3)CC2=O)c(OC)c1. The third-order valence-corrected chi connectivity index (χ3v) is 4.99. The third-order valence-electron chi connectivity index (χ3n) is 4.99. The van der Waals surface area contributed by atoms with Crippen molar-refractivity contribution in [3.63, 3.8) is 0 Å². The maximum atomic E-state index is 12.5. The Balaban J connectivity index is 1.61. The normalized spacial score (nSPS) is 15.6. The molecule has 0 aliphatic carbocycles. The fourth-order valence-corrected chi connectivity index (χ4v) is 3.25. The number of ether oxygens (including phenoxy) is 3. The Bertz CT molecular complexity index is 930. The summed E-state index contributed by atoms with van der Waals surface area (Å²) >= 11 is 0. The van der Waals surface area contributed by atoms with Gasteiger partial charge in [0.1, 0.15) is 11.5 Å². The minimum absolute atomic E-state index is 0.0106. The molecule has 8 heteroatoms. The van der Waals surface area contributed by atoms with E-state index in [1.165, 1.54) is 24.0 Å². The van der Waals surface area contributed by atoms with Crippen molar-refractivity contribution < 1.29 is 28.6 Å². The van der Waals surface area contributed by atoms with Crippen LogP contribution in [0.15, 0.2) is 48.5 Å². The van der Waals surface area contributed by atoms with E-state index in [0.717, 1.165) is 0 Å². The molecule has 0 spiro atoms. The quantitative estimate of drug-likeness (QED) is 0.649. The molecule has 0 radical (unpaired) electrons. The molecule has 30 heavy (non-hydrogen) atoms. The van der Waals surface area contributed by atoms with Crippen LogP contribution in [0.4, 0.5) is 11.4 Å². The minimum Gasteiger partial charge on any atom is -0.497 e. The number of amides is 2. The molecule has 0 bridgehead atoms. The first kappa shape index (κ1) is 21.2. The van der Waals surface area contributed by atoms with Gasteiger partial charge in [0.25, 0.3) is 5.91 Å². The number of benzene rings is 2. The van der Waals surface area contributed by atoms with Crippen LogP contribution >= 0.6 is 0 Å². The van der Waals surface area contributed by atoms with E-state index in [-0.39, 0.29) is 31.4 Å². The Kier molecular flexibility index (Phi) is 6.56. The second-order valence-corrected chi connectivity index (χ2v) is 6.84. The van der Waals surface area contributed by atoms with Gasteiger partial charge in [-0.2, -0.15) is 0 Å². The zero-order chi connectivity index (χ0) is 21.7. The molecule has 1 fully saturated rings. The lowest BCUT2D eigenvalue weighted by molar-refractivity contribution is -0.151. The first-order chi connectivity index (χ1) is 14.4. The van der Waals surface area contributed by atoms with Crippen LogP contribution in [-0.2, 0) is 19.1 Å². The number of para-hydroxylation sites is 1. The first-order valence-corrected chi connectivity index (χ1v) is 9.45. The molecule has 158 valence electrons. The fraction of sp³-hybridized carbons (Fsp3) is 0.318. The van der Waals surface area contributed by atoms with Gasteiger partial charge < -0.3 is 24.0 Å². The largest absolute Gasteiger partial charge is 0.497 e. The van der Waals surface area contributed by atoms with Crippen LogP contribution in [0.1, 0.15) is 6.42 Å². The van der Waals surface area contributed by atoms with E-state index in [1.54, 1.807) is 37.4 Å². The third kappa shape index (κ3) is 4.53. The predicted octanol–water partition coefficient (Wildman–Crippen LogP) is 2.26. The van der Waals surface area contributed by atoms with Gasteiger partial charge in [-0.1, -0.05) is 18.2 Å². The number of likely N-dealkylation sites (N-methyl/N-ethyl adjacent to an activating group) is 1. The lowest BCUT2D eigenvalue weighted by Gasteiger charge is -2.20. The van der Waals surface area contributed by atoms with Gasteiger partial charge in [0.05, 0.1) is 25.8 Å². The topological polar surface area (TPSA) is 85.4 Å². The molecule has 3 rings (SSSR count). The van der Waals surface area contributed by atoms with E-state index in [9.17, 15) is 14.4 Å². The van der Waals surface area contributed by atoms with Gasteiger partial charge in [-0.3, -0.25) is 14.4 Å². The number of hydrogen-bond acceptors (Lipinski definition) is 6. The molecule has 2 aromatic rings. The van der Waals surface area contributed by atoms with Gasteiger partial charge in [0, 0.05) is 31.8 Å². The standard InChI is InChI=1S/C22H24N2O6/c1-23(16-7-5-4-6-8-16)21(26)14-30-22(27)15-11-20(25)24(13-15)18-10-9-17(28-2)12-19(18)29-3/h4-10,12,15H,11,13-14H2,1-3H3/t15-/m1/s1. The van der Waals surface area contributed by atoms with Crippen molar-refractivity contribution in [1.29, 1.82) is 0 Å². The monoisotopic (exact) mass is 412 g/mol. The molecular weight excluding hydrogens is 388 g/mol. The molecule has 8 nitrogen and oxygen atoms in total. The highest BCUT2D eigenvalue weighted by Crippen LogP contribution is 2.36. The van der Waals surface area contributed by atoms with Gasteiger partial charge >= 0.3 is 5.97 Å². The second-order valence-electron chi connectivity index (χ2n) is 6.84. The van der Waals surface area contributed by atoms with Crippen LogP contribution in [0, 0.1) is 5.92 Å². The van der Waals surface area contributed by atoms with E-state index in [0.29, 0.717) is 22.9 Å². The van der Waals surface area contributed by atoms with Crippen molar-refractivity contribution in [2.24, 2.45) is 5.92 Å². The summed E-state index contributed by atoms with van der Waals surface area (Å²) in [5, 5.41) is 0. The fourth-order valence-electron chi connectivity index (χ4n) is 3.25. The van der Waals surface area contributed by atoms with E-state index in [4.69, 9.17) is 14.2 Å². The van der Waals surface area contributed by atoms with Gasteiger partial charge in [-0.15, -0.1) is 0 Å². The Labute approximate surface area is 174 Å². The number of esters is 1. The van der Waals surface area contributed by atoms with Gasteiger partial charge in [-0.05, 0) is 24.3 Å². The summed E-state index contributed by atoms with van der Waals surface area (Å²) in [7, 11) is 4.65. The van der Waals surface area contributed by atoms with E-state index >= 15 is 0 Å². The van der Waals surface area contributed by atoms with Crippen molar-refractivity contribution in [3.8, 4) is 11.5 Å². The molecule has 1 aliphatic rings. The molecule has 0 saturated carbocycles. The highest BCUT2D eigenvalue weighted by Gasteiger charge is 2.37. The molecule has 2 amide bonds. The summed E-state index contributed by atoms with van der Waals surface area (Å²) in [6.07, 6.45) is 0.0106. The summed E-state index contributed by atoms with van der Waals surface area (Å²) in [4.78, 5) is 40.2. The number of hydrogen-bond donors (Lipinski definition) is 0. The van der Waals surface area contributed by atoms with Crippen LogP contribution in [0.2, 0.25) is 0 Å². The summed E-state index contributed by atoms with van der Waals surface area (Å²) in [5.41, 5.74) is 1.26. The molecule has 1 saturated heterocycles. The summed E-state index contributed by atoms with van der Waals surface area (Å²) in [6, 6.07) is 14.2. The van der Waals surface area contributed by atoms with Crippen molar-refractivity contribution in [3.05, 3.63) is 48.5 Å². The average Bonchev–Trinajstić information content (AvgIpc) is 3.18. The van der Waals surface area contributed by atoms with E-state index in [1.807, 2.05) is 18.2 Å². The molecule has 0 N–H and O–H groups in total. The van der Waals surface area contributed by atoms with Crippen LogP contribution in [0.3, 0.4) is 0 Å². The number of carbonyl (C=O) groups is 3. The van der Waals surface area contributed by atoms with Crippen molar-refractivity contribution >= 4 is 29.2 Å². The zero-order valence-electron chi connectivity index (χ0n) is 17.2. The van der Waals surface area contributed by atoms with Gasteiger partial charge in [0.15, 0.2) is 6.61 Å². The summed E-state index contributed by atoms with van der Waals surface area (Å²) < 4.78 is 15.7. The van der Waals surface area contributed by atoms with Gasteiger partial charge in [-0.25, -0.2) is 0 Å². The van der Waals surface area contributed by atoms with Crippen LogP contribution in [0.5, 0.6) is 11.5 Å². The number of nitrogens with zero attached hydrogens (tertiary/aromatic N) is 2. The highest BCUT2D eigenvalue weighted by atomic mass is 16.5. The Hall–Kier alpha value is -3.55. The smallest absolute Gasteiger partial charge is 0.311 e. The predicted molar refractivity (Wildman–Crippen MR) is 111 cm³/mol. The van der Waals surface area contributed by atoms with E-state index in [2.05, 4.69) is 0 Å². The van der Waals surface area contributed by atoms with Crippen molar-refractivity contribution in [2.75, 3.05) is 44.2 Å². The number of carbonyl (C=O) groups excluding carboxylic acids is 3. The Morgan fingerprint density at radius 1 is 1.10 bits per heavy atom. The molecule has 1 aliphatic heterocycles. The molecule has 1 atom stereocenters. The van der Waals surface area contributed by atoms with Gasteiger partial charge in [0.2, 0.25) is 5.91 Å². The van der Waals surface area contributed by atoms with Crippen LogP contribution in [0.25, 0.3) is 0 Å². The summed E-state index contributed by atoms with van der Waals surface area (Å²) in [5.74, 6) is -0.733. The Morgan fingerprint density at radius 2 is 1.83 bits per heavy atom. The summed E-state index contributed by atoms with van der Waals surface area (Å²) in [6.45, 7) is -0.232. The molecule has 0 aromatic heterocycles.